The predicted molar refractivity (Wildman–Crippen MR) is 55.1 cm³/mol. The van der Waals surface area contributed by atoms with Crippen LogP contribution in [-0.4, -0.2) is 0 Å². The summed E-state index contributed by atoms with van der Waals surface area (Å²) in [5.74, 6) is -0.760. The smallest absolute Gasteiger partial charge is 0.0625 e. The molecule has 0 N–H and O–H groups in total. The number of hydrogen-bond acceptors (Lipinski definition) is 0. The van der Waals surface area contributed by atoms with Crippen molar-refractivity contribution in [3.8, 4) is 0 Å². The Hall–Kier alpha value is -0.780. The van der Waals surface area contributed by atoms with Crippen LogP contribution in [0.3, 0.4) is 0 Å². The monoisotopic (exact) mass is 166 g/mol. The van der Waals surface area contributed by atoms with Gasteiger partial charge in [-0.3, -0.25) is 0 Å². The highest BCUT2D eigenvalue weighted by Crippen LogP contribution is 2.29. The van der Waals surface area contributed by atoms with Gasteiger partial charge in [0.25, 0.3) is 0 Å². The lowest BCUT2D eigenvalue weighted by atomic mass is 9.84. The molecular formula is C12H18. The summed E-state index contributed by atoms with van der Waals surface area (Å²) in [6.45, 7) is 2.24. The third-order valence-electron chi connectivity index (χ3n) is 2.17. The fourth-order valence-electron chi connectivity index (χ4n) is 1.49. The molecule has 1 saturated carbocycles. The van der Waals surface area contributed by atoms with E-state index in [9.17, 15) is 0 Å². The Morgan fingerprint density at radius 2 is 2.33 bits per heavy atom. The molecule has 0 aromatic carbocycles. The summed E-state index contributed by atoms with van der Waals surface area (Å²) < 4.78 is 30.4. The highest BCUT2D eigenvalue weighted by Gasteiger charge is 2.13. The van der Waals surface area contributed by atoms with Gasteiger partial charge in [-0.05, 0) is 18.7 Å². The molecule has 1 aliphatic rings. The Morgan fingerprint density at radius 3 is 3.00 bits per heavy atom. The van der Waals surface area contributed by atoms with E-state index in [0.29, 0.717) is 5.57 Å². The first kappa shape index (κ1) is 5.06. The summed E-state index contributed by atoms with van der Waals surface area (Å²) in [5.41, 5.74) is 0.477. The summed E-state index contributed by atoms with van der Waals surface area (Å²) in [6.07, 6.45) is 7.56. The fraction of sp³-hybridized carbons (Fsp3) is 0.500. The van der Waals surface area contributed by atoms with Crippen LogP contribution in [-0.2, 0) is 0 Å². The highest BCUT2D eigenvalue weighted by molar-refractivity contribution is 5.21. The van der Waals surface area contributed by atoms with Crippen molar-refractivity contribution in [3.63, 3.8) is 0 Å². The first-order chi connectivity index (χ1) is 7.64. The Bertz CT molecular complexity index is 309. The van der Waals surface area contributed by atoms with Crippen molar-refractivity contribution >= 4 is 0 Å². The van der Waals surface area contributed by atoms with Crippen LogP contribution in [0.2, 0.25) is 0 Å². The minimum atomic E-state index is -0.760. The van der Waals surface area contributed by atoms with E-state index in [0.717, 1.165) is 45.2 Å². The van der Waals surface area contributed by atoms with E-state index in [4.69, 9.17) is 5.48 Å². The Kier molecular flexibility index (Phi) is 2.10. The predicted octanol–water partition coefficient (Wildman–Crippen LogP) is 3.87. The van der Waals surface area contributed by atoms with E-state index < -0.39 is 5.89 Å². The average Bonchev–Trinajstić information content (AvgIpc) is 2.28. The molecule has 0 aromatic rings. The van der Waals surface area contributed by atoms with E-state index in [1.54, 1.807) is 0 Å². The topological polar surface area (TPSA) is 0 Å². The molecule has 66 valence electrons. The Balaban J connectivity index is 2.89. The van der Waals surface area contributed by atoms with Crippen molar-refractivity contribution in [2.75, 3.05) is 0 Å². The maximum Gasteiger partial charge on any atom is 0.0625 e. The van der Waals surface area contributed by atoms with E-state index in [-0.39, 0.29) is 6.05 Å². The first-order valence-electron chi connectivity index (χ1n) is 6.61. The van der Waals surface area contributed by atoms with Gasteiger partial charge in [0.15, 0.2) is 0 Å². The van der Waals surface area contributed by atoms with Gasteiger partial charge in [-0.25, -0.2) is 0 Å². The maximum atomic E-state index is 8.32. The van der Waals surface area contributed by atoms with Crippen molar-refractivity contribution in [2.45, 2.75) is 32.1 Å². The van der Waals surface area contributed by atoms with Crippen LogP contribution in [0, 0.1) is 5.89 Å². The van der Waals surface area contributed by atoms with Gasteiger partial charge in [-0.1, -0.05) is 56.1 Å². The number of hydrogen-bond donors (Lipinski definition) is 0. The minimum Gasteiger partial charge on any atom is -0.0991 e. The van der Waals surface area contributed by atoms with Crippen LogP contribution >= 0.6 is 0 Å². The Labute approximate surface area is 81.3 Å². The van der Waals surface area contributed by atoms with Gasteiger partial charge in [0.05, 0.1) is 4.11 Å². The second-order valence-corrected chi connectivity index (χ2v) is 3.08. The van der Waals surface area contributed by atoms with Crippen LogP contribution in [0.5, 0.6) is 0 Å². The van der Waals surface area contributed by atoms with Crippen molar-refractivity contribution in [3.05, 3.63) is 36.9 Å². The molecule has 0 radical (unpaired) electrons. The Morgan fingerprint density at radius 1 is 1.50 bits per heavy atom. The van der Waals surface area contributed by atoms with Crippen molar-refractivity contribution in [1.82, 2.24) is 0 Å². The van der Waals surface area contributed by atoms with Crippen molar-refractivity contribution in [2.24, 2.45) is 5.89 Å². The normalized spacial score (nSPS) is 30.7. The molecule has 0 aliphatic heterocycles. The summed E-state index contributed by atoms with van der Waals surface area (Å²) >= 11 is 0. The molecule has 0 atom stereocenters. The lowest BCUT2D eigenvalue weighted by molar-refractivity contribution is 0.409. The van der Waals surface area contributed by atoms with E-state index >= 15 is 0 Å². The molecule has 1 rings (SSSR count). The second kappa shape index (κ2) is 4.97. The molecule has 1 aliphatic carbocycles. The quantitative estimate of drug-likeness (QED) is 0.558. The molecule has 0 nitrogen and oxygen atoms in total. The first-order valence-corrected chi connectivity index (χ1v) is 4.45. The molecule has 0 bridgehead atoms. The van der Waals surface area contributed by atoms with Gasteiger partial charge in [-0.15, -0.1) is 0 Å². The molecule has 0 amide bonds. The average molecular weight is 166 g/mol. The molecule has 0 unspecified atom stereocenters. The van der Waals surface area contributed by atoms with Crippen molar-refractivity contribution in [1.29, 1.82) is 0 Å². The summed E-state index contributed by atoms with van der Waals surface area (Å²) in [4.78, 5) is 0. The third kappa shape index (κ3) is 2.69. The van der Waals surface area contributed by atoms with E-state index in [1.807, 2.05) is 0 Å². The molecule has 0 spiro atoms. The fourth-order valence-corrected chi connectivity index (χ4v) is 1.49. The minimum absolute atomic E-state index is 0.190. The van der Waals surface area contributed by atoms with Crippen LogP contribution in [0.1, 0.15) is 37.6 Å². The van der Waals surface area contributed by atoms with Gasteiger partial charge in [-0.2, -0.15) is 0 Å². The van der Waals surface area contributed by atoms with Crippen LogP contribution in [0.25, 0.3) is 0 Å². The van der Waals surface area contributed by atoms with Gasteiger partial charge in [0.1, 0.15) is 0 Å². The van der Waals surface area contributed by atoms with Crippen molar-refractivity contribution < 1.29 is 5.48 Å². The zero-order valence-corrected chi connectivity index (χ0v) is 7.34. The summed E-state index contributed by atoms with van der Waals surface area (Å²) in [6, 6.07) is 0.190. The lowest BCUT2D eigenvalue weighted by Gasteiger charge is -2.21. The van der Waals surface area contributed by atoms with Gasteiger partial charge in [0, 0.05) is 1.37 Å². The molecule has 0 aromatic heterocycles. The molecular weight excluding hydrogens is 144 g/mol. The zero-order valence-electron chi connectivity index (χ0n) is 11.3. The van der Waals surface area contributed by atoms with Crippen LogP contribution < -0.4 is 0 Å². The molecule has 0 heterocycles. The summed E-state index contributed by atoms with van der Waals surface area (Å²) in [5, 5.41) is 0. The SMILES string of the molecule is [2H]C=CC=C([2H])C(=C[2H])C1([2H])CCCCC1. The largest absolute Gasteiger partial charge is 0.0991 e. The molecule has 1 fully saturated rings. The zero-order chi connectivity index (χ0) is 12.0. The number of allylic oxidation sites excluding steroid dienone is 4. The molecule has 0 saturated heterocycles. The maximum absolute atomic E-state index is 8.32. The summed E-state index contributed by atoms with van der Waals surface area (Å²) in [7, 11) is 0. The van der Waals surface area contributed by atoms with Crippen LogP contribution in [0.4, 0.5) is 0 Å². The second-order valence-electron chi connectivity index (χ2n) is 3.08. The van der Waals surface area contributed by atoms with E-state index in [2.05, 4.69) is 0 Å². The lowest BCUT2D eigenvalue weighted by Crippen LogP contribution is -2.06. The third-order valence-corrected chi connectivity index (χ3v) is 2.17. The highest BCUT2D eigenvalue weighted by atomic mass is 14.2. The number of rotatable bonds is 3. The standard InChI is InChI=1S/C12H18/c1-3-4-8-11(2)12-9-6-5-7-10-12/h3-4,8,12H,1-2,5-7,9-10H2/i1D,2D,8D,12D. The van der Waals surface area contributed by atoms with Crippen LogP contribution in [0.15, 0.2) is 36.9 Å². The molecule has 0 heteroatoms. The van der Waals surface area contributed by atoms with Gasteiger partial charge < -0.3 is 0 Å². The molecule has 12 heavy (non-hydrogen) atoms. The van der Waals surface area contributed by atoms with E-state index in [1.165, 1.54) is 12.2 Å². The van der Waals surface area contributed by atoms with Gasteiger partial charge >= 0.3 is 0 Å². The van der Waals surface area contributed by atoms with Gasteiger partial charge in [0.2, 0.25) is 0 Å².